The van der Waals surface area contributed by atoms with E-state index in [4.69, 9.17) is 21.1 Å². The van der Waals surface area contributed by atoms with Gasteiger partial charge in [0.05, 0.1) is 24.9 Å². The van der Waals surface area contributed by atoms with Gasteiger partial charge in [0, 0.05) is 49.7 Å². The van der Waals surface area contributed by atoms with E-state index in [2.05, 4.69) is 33.0 Å². The Labute approximate surface area is 176 Å². The number of anilines is 1. The van der Waals surface area contributed by atoms with Gasteiger partial charge in [0.25, 0.3) is 0 Å². The molecule has 0 saturated carbocycles. The molecule has 6 heteroatoms. The van der Waals surface area contributed by atoms with E-state index in [0.29, 0.717) is 11.8 Å². The summed E-state index contributed by atoms with van der Waals surface area (Å²) >= 11 is 6.49. The SMILES string of the molecule is CCOc1ccccc1N1CCN(Cc2cc3ccc(OC)cc3nc2Cl)CC1. The molecule has 5 nitrogen and oxygen atoms in total. The van der Waals surface area contributed by atoms with Crippen LogP contribution < -0.4 is 14.4 Å². The minimum atomic E-state index is 0.565. The molecule has 29 heavy (non-hydrogen) atoms. The van der Waals surface area contributed by atoms with Crippen LogP contribution in [0.25, 0.3) is 10.9 Å². The van der Waals surface area contributed by atoms with Gasteiger partial charge in [-0.15, -0.1) is 0 Å². The fourth-order valence-corrected chi connectivity index (χ4v) is 3.99. The Morgan fingerprint density at radius 2 is 1.83 bits per heavy atom. The van der Waals surface area contributed by atoms with Crippen molar-refractivity contribution in [2.75, 3.05) is 44.8 Å². The van der Waals surface area contributed by atoms with E-state index in [-0.39, 0.29) is 0 Å². The molecule has 0 unspecified atom stereocenters. The van der Waals surface area contributed by atoms with Gasteiger partial charge in [-0.2, -0.15) is 0 Å². The van der Waals surface area contributed by atoms with Crippen LogP contribution in [0.5, 0.6) is 11.5 Å². The lowest BCUT2D eigenvalue weighted by molar-refractivity contribution is 0.248. The molecule has 0 radical (unpaired) electrons. The Morgan fingerprint density at radius 3 is 2.59 bits per heavy atom. The largest absolute Gasteiger partial charge is 0.497 e. The number of ether oxygens (including phenoxy) is 2. The zero-order valence-electron chi connectivity index (χ0n) is 16.9. The second-order valence-corrected chi connectivity index (χ2v) is 7.52. The number of aromatic nitrogens is 1. The lowest BCUT2D eigenvalue weighted by Gasteiger charge is -2.36. The van der Waals surface area contributed by atoms with Gasteiger partial charge in [-0.05, 0) is 37.3 Å². The molecule has 152 valence electrons. The quantitative estimate of drug-likeness (QED) is 0.553. The summed E-state index contributed by atoms with van der Waals surface area (Å²) in [5.74, 6) is 1.75. The molecule has 3 aromatic rings. The zero-order chi connectivity index (χ0) is 20.2. The van der Waals surface area contributed by atoms with Crippen LogP contribution in [0.3, 0.4) is 0 Å². The maximum Gasteiger partial charge on any atom is 0.142 e. The first kappa shape index (κ1) is 19.8. The van der Waals surface area contributed by atoms with Gasteiger partial charge in [0.1, 0.15) is 16.7 Å². The molecular weight excluding hydrogens is 386 g/mol. The number of para-hydroxylation sites is 2. The number of pyridine rings is 1. The standard InChI is InChI=1S/C23H26ClN3O2/c1-3-29-22-7-5-4-6-21(22)27-12-10-26(11-13-27)16-18-14-17-8-9-19(28-2)15-20(17)25-23(18)24/h4-9,14-15H,3,10-13,16H2,1-2H3. The minimum Gasteiger partial charge on any atom is -0.497 e. The van der Waals surface area contributed by atoms with Crippen LogP contribution >= 0.6 is 11.6 Å². The number of fused-ring (bicyclic) bond motifs is 1. The van der Waals surface area contributed by atoms with Crippen molar-refractivity contribution < 1.29 is 9.47 Å². The molecule has 0 bridgehead atoms. The van der Waals surface area contributed by atoms with Crippen LogP contribution in [0, 0.1) is 0 Å². The van der Waals surface area contributed by atoms with Gasteiger partial charge in [-0.3, -0.25) is 4.90 Å². The third kappa shape index (κ3) is 4.41. The highest BCUT2D eigenvalue weighted by molar-refractivity contribution is 6.30. The van der Waals surface area contributed by atoms with E-state index < -0.39 is 0 Å². The third-order valence-corrected chi connectivity index (χ3v) is 5.65. The Kier molecular flexibility index (Phi) is 6.07. The molecule has 1 fully saturated rings. The Bertz CT molecular complexity index is 987. The predicted molar refractivity (Wildman–Crippen MR) is 118 cm³/mol. The molecule has 0 N–H and O–H groups in total. The third-order valence-electron chi connectivity index (χ3n) is 5.32. The maximum absolute atomic E-state index is 6.49. The molecule has 1 aliphatic heterocycles. The molecule has 4 rings (SSSR count). The molecule has 0 spiro atoms. The van der Waals surface area contributed by atoms with E-state index in [1.165, 1.54) is 5.69 Å². The first-order chi connectivity index (χ1) is 14.2. The van der Waals surface area contributed by atoms with Crippen LogP contribution in [0.4, 0.5) is 5.69 Å². The van der Waals surface area contributed by atoms with Crippen molar-refractivity contribution in [2.24, 2.45) is 0 Å². The number of rotatable bonds is 6. The van der Waals surface area contributed by atoms with Crippen LogP contribution in [0.15, 0.2) is 48.5 Å². The Morgan fingerprint density at radius 1 is 1.03 bits per heavy atom. The number of hydrogen-bond acceptors (Lipinski definition) is 5. The van der Waals surface area contributed by atoms with Gasteiger partial charge in [-0.25, -0.2) is 4.98 Å². The Hall–Kier alpha value is -2.50. The van der Waals surface area contributed by atoms with E-state index in [9.17, 15) is 0 Å². The number of nitrogens with zero attached hydrogens (tertiary/aromatic N) is 3. The topological polar surface area (TPSA) is 37.8 Å². The second kappa shape index (κ2) is 8.89. The summed E-state index contributed by atoms with van der Waals surface area (Å²) in [6, 6.07) is 16.3. The van der Waals surface area contributed by atoms with Crippen molar-refractivity contribution in [1.29, 1.82) is 0 Å². The van der Waals surface area contributed by atoms with Crippen LogP contribution in [0.2, 0.25) is 5.15 Å². The van der Waals surface area contributed by atoms with Crippen molar-refractivity contribution in [3.63, 3.8) is 0 Å². The van der Waals surface area contributed by atoms with Gasteiger partial charge in [-0.1, -0.05) is 23.7 Å². The molecule has 0 aliphatic carbocycles. The summed E-state index contributed by atoms with van der Waals surface area (Å²) in [5.41, 5.74) is 3.09. The Balaban J connectivity index is 1.44. The van der Waals surface area contributed by atoms with Crippen molar-refractivity contribution in [2.45, 2.75) is 13.5 Å². The predicted octanol–water partition coefficient (Wildman–Crippen LogP) is 4.62. The monoisotopic (exact) mass is 411 g/mol. The summed E-state index contributed by atoms with van der Waals surface area (Å²) in [5, 5.41) is 1.64. The number of methoxy groups -OCH3 is 1. The van der Waals surface area contributed by atoms with Crippen LogP contribution in [0.1, 0.15) is 12.5 Å². The first-order valence-corrected chi connectivity index (χ1v) is 10.4. The normalized spacial score (nSPS) is 14.9. The van der Waals surface area contributed by atoms with Crippen LogP contribution in [-0.2, 0) is 6.54 Å². The highest BCUT2D eigenvalue weighted by Crippen LogP contribution is 2.30. The summed E-state index contributed by atoms with van der Waals surface area (Å²) in [6.45, 7) is 7.35. The fraction of sp³-hybridized carbons (Fsp3) is 0.348. The smallest absolute Gasteiger partial charge is 0.142 e. The second-order valence-electron chi connectivity index (χ2n) is 7.16. The van der Waals surface area contributed by atoms with E-state index in [1.54, 1.807) is 7.11 Å². The molecular formula is C23H26ClN3O2. The number of piperazine rings is 1. The van der Waals surface area contributed by atoms with E-state index >= 15 is 0 Å². The van der Waals surface area contributed by atoms with Crippen molar-refractivity contribution in [1.82, 2.24) is 9.88 Å². The molecule has 0 atom stereocenters. The lowest BCUT2D eigenvalue weighted by Crippen LogP contribution is -2.46. The van der Waals surface area contributed by atoms with Gasteiger partial charge >= 0.3 is 0 Å². The zero-order valence-corrected chi connectivity index (χ0v) is 17.7. The summed E-state index contributed by atoms with van der Waals surface area (Å²) in [4.78, 5) is 9.40. The molecule has 1 saturated heterocycles. The average Bonchev–Trinajstić information content (AvgIpc) is 2.75. The fourth-order valence-electron chi connectivity index (χ4n) is 3.79. The van der Waals surface area contributed by atoms with Crippen LogP contribution in [-0.4, -0.2) is 49.8 Å². The van der Waals surface area contributed by atoms with E-state index in [1.807, 2.05) is 37.3 Å². The molecule has 2 heterocycles. The highest BCUT2D eigenvalue weighted by atomic mass is 35.5. The number of halogens is 1. The number of hydrogen-bond donors (Lipinski definition) is 0. The molecule has 1 aliphatic rings. The van der Waals surface area contributed by atoms with Gasteiger partial charge in [0.2, 0.25) is 0 Å². The average molecular weight is 412 g/mol. The summed E-state index contributed by atoms with van der Waals surface area (Å²) in [6.07, 6.45) is 0. The summed E-state index contributed by atoms with van der Waals surface area (Å²) < 4.78 is 11.1. The van der Waals surface area contributed by atoms with Gasteiger partial charge in [0.15, 0.2) is 0 Å². The highest BCUT2D eigenvalue weighted by Gasteiger charge is 2.20. The number of benzene rings is 2. The molecule has 2 aromatic carbocycles. The summed E-state index contributed by atoms with van der Waals surface area (Å²) in [7, 11) is 1.66. The van der Waals surface area contributed by atoms with Gasteiger partial charge < -0.3 is 14.4 Å². The van der Waals surface area contributed by atoms with E-state index in [0.717, 1.165) is 60.7 Å². The lowest BCUT2D eigenvalue weighted by atomic mass is 10.1. The molecule has 0 amide bonds. The minimum absolute atomic E-state index is 0.565. The first-order valence-electron chi connectivity index (χ1n) is 10.00. The molecule has 1 aromatic heterocycles. The van der Waals surface area contributed by atoms with Crippen molar-refractivity contribution in [3.8, 4) is 11.5 Å². The maximum atomic E-state index is 6.49. The van der Waals surface area contributed by atoms with Crippen molar-refractivity contribution in [3.05, 3.63) is 59.2 Å². The van der Waals surface area contributed by atoms with Crippen molar-refractivity contribution >= 4 is 28.2 Å².